The highest BCUT2D eigenvalue weighted by atomic mass is 15.1. The van der Waals surface area contributed by atoms with Crippen molar-refractivity contribution in [2.75, 3.05) is 0 Å². The van der Waals surface area contributed by atoms with Gasteiger partial charge in [-0.1, -0.05) is 6.92 Å². The predicted molar refractivity (Wildman–Crippen MR) is 61.4 cm³/mol. The summed E-state index contributed by atoms with van der Waals surface area (Å²) in [4.78, 5) is 0. The maximum atomic E-state index is 5.70. The van der Waals surface area contributed by atoms with Crippen LogP contribution in [0.25, 0.3) is 0 Å². The summed E-state index contributed by atoms with van der Waals surface area (Å²) in [5, 5.41) is 0. The van der Waals surface area contributed by atoms with Crippen LogP contribution in [0.2, 0.25) is 0 Å². The Morgan fingerprint density at radius 2 is 1.93 bits per heavy atom. The zero-order valence-electron chi connectivity index (χ0n) is 10.0. The third-order valence-electron chi connectivity index (χ3n) is 3.23. The SMILES string of the molecule is CCC(C)(C)n1c(C)cc(CN)c1C. The quantitative estimate of drug-likeness (QED) is 0.788. The lowest BCUT2D eigenvalue weighted by atomic mass is 10.0. The number of hydrogen-bond acceptors (Lipinski definition) is 1. The fraction of sp³-hybridized carbons (Fsp3) is 0.667. The smallest absolute Gasteiger partial charge is 0.0386 e. The molecule has 1 rings (SSSR count). The largest absolute Gasteiger partial charge is 0.343 e. The first-order chi connectivity index (χ1) is 6.44. The highest BCUT2D eigenvalue weighted by Gasteiger charge is 2.22. The van der Waals surface area contributed by atoms with Crippen LogP contribution >= 0.6 is 0 Å². The molecule has 0 atom stereocenters. The number of nitrogens with two attached hydrogens (primary N) is 1. The Hall–Kier alpha value is -0.760. The first-order valence-corrected chi connectivity index (χ1v) is 5.32. The Balaban J connectivity index is 3.27. The van der Waals surface area contributed by atoms with Crippen LogP contribution in [-0.2, 0) is 12.1 Å². The zero-order valence-corrected chi connectivity index (χ0v) is 10.0. The molecule has 2 N–H and O–H groups in total. The minimum Gasteiger partial charge on any atom is -0.343 e. The first-order valence-electron chi connectivity index (χ1n) is 5.32. The predicted octanol–water partition coefficient (Wildman–Crippen LogP) is 2.71. The molecule has 0 spiro atoms. The molecule has 2 nitrogen and oxygen atoms in total. The monoisotopic (exact) mass is 194 g/mol. The van der Waals surface area contributed by atoms with Crippen molar-refractivity contribution in [1.29, 1.82) is 0 Å². The topological polar surface area (TPSA) is 30.9 Å². The van der Waals surface area contributed by atoms with Crippen LogP contribution in [0.15, 0.2) is 6.07 Å². The van der Waals surface area contributed by atoms with Gasteiger partial charge in [-0.25, -0.2) is 0 Å². The average Bonchev–Trinajstić information content (AvgIpc) is 2.41. The Bertz CT molecular complexity index is 321. The Labute approximate surface area is 87.1 Å². The molecule has 0 aliphatic rings. The molecule has 0 aliphatic carbocycles. The van der Waals surface area contributed by atoms with E-state index in [4.69, 9.17) is 5.73 Å². The van der Waals surface area contributed by atoms with Crippen molar-refractivity contribution >= 4 is 0 Å². The molecule has 0 aromatic carbocycles. The molecular formula is C12H22N2. The van der Waals surface area contributed by atoms with E-state index in [1.807, 2.05) is 0 Å². The van der Waals surface area contributed by atoms with Gasteiger partial charge in [-0.2, -0.15) is 0 Å². The van der Waals surface area contributed by atoms with Crippen LogP contribution in [0.5, 0.6) is 0 Å². The number of aromatic nitrogens is 1. The van der Waals surface area contributed by atoms with Gasteiger partial charge in [-0.3, -0.25) is 0 Å². The van der Waals surface area contributed by atoms with E-state index in [9.17, 15) is 0 Å². The molecule has 0 saturated carbocycles. The molecule has 0 aliphatic heterocycles. The second-order valence-electron chi connectivity index (χ2n) is 4.60. The maximum absolute atomic E-state index is 5.70. The molecule has 0 fully saturated rings. The van der Waals surface area contributed by atoms with Crippen molar-refractivity contribution in [2.24, 2.45) is 5.73 Å². The molecule has 14 heavy (non-hydrogen) atoms. The van der Waals surface area contributed by atoms with Crippen LogP contribution in [0.1, 0.15) is 44.1 Å². The molecule has 0 saturated heterocycles. The van der Waals surface area contributed by atoms with Gasteiger partial charge in [0.2, 0.25) is 0 Å². The van der Waals surface area contributed by atoms with Gasteiger partial charge in [0.15, 0.2) is 0 Å². The van der Waals surface area contributed by atoms with Crippen LogP contribution in [0.4, 0.5) is 0 Å². The van der Waals surface area contributed by atoms with Crippen molar-refractivity contribution in [2.45, 2.75) is 53.1 Å². The third kappa shape index (κ3) is 1.71. The summed E-state index contributed by atoms with van der Waals surface area (Å²) in [7, 11) is 0. The number of nitrogens with zero attached hydrogens (tertiary/aromatic N) is 1. The van der Waals surface area contributed by atoms with Crippen LogP contribution in [-0.4, -0.2) is 4.57 Å². The molecule has 2 heteroatoms. The average molecular weight is 194 g/mol. The van der Waals surface area contributed by atoms with Crippen LogP contribution < -0.4 is 5.73 Å². The summed E-state index contributed by atoms with van der Waals surface area (Å²) in [6.07, 6.45) is 1.13. The van der Waals surface area contributed by atoms with Gasteiger partial charge in [0.05, 0.1) is 0 Å². The summed E-state index contributed by atoms with van der Waals surface area (Å²) in [5.41, 5.74) is 9.80. The maximum Gasteiger partial charge on any atom is 0.0386 e. The minimum absolute atomic E-state index is 0.196. The van der Waals surface area contributed by atoms with Gasteiger partial charge in [0.25, 0.3) is 0 Å². The zero-order chi connectivity index (χ0) is 10.9. The Morgan fingerprint density at radius 3 is 2.29 bits per heavy atom. The Morgan fingerprint density at radius 1 is 1.36 bits per heavy atom. The number of rotatable bonds is 3. The summed E-state index contributed by atoms with van der Waals surface area (Å²) < 4.78 is 2.40. The normalized spacial score (nSPS) is 12.1. The fourth-order valence-electron chi connectivity index (χ4n) is 2.13. The van der Waals surface area contributed by atoms with Crippen LogP contribution in [0.3, 0.4) is 0 Å². The van der Waals surface area contributed by atoms with E-state index in [0.717, 1.165) is 6.42 Å². The van der Waals surface area contributed by atoms with E-state index in [-0.39, 0.29) is 5.54 Å². The molecule has 0 bridgehead atoms. The molecule has 0 radical (unpaired) electrons. The molecule has 1 heterocycles. The molecule has 1 aromatic heterocycles. The fourth-order valence-corrected chi connectivity index (χ4v) is 2.13. The first kappa shape index (κ1) is 11.3. The highest BCUT2D eigenvalue weighted by Crippen LogP contribution is 2.26. The number of hydrogen-bond donors (Lipinski definition) is 1. The minimum atomic E-state index is 0.196. The summed E-state index contributed by atoms with van der Waals surface area (Å²) >= 11 is 0. The van der Waals surface area contributed by atoms with Gasteiger partial charge in [0.1, 0.15) is 0 Å². The van der Waals surface area contributed by atoms with E-state index < -0.39 is 0 Å². The number of aryl methyl sites for hydroxylation is 1. The van der Waals surface area contributed by atoms with E-state index in [0.29, 0.717) is 6.54 Å². The molecule has 80 valence electrons. The summed E-state index contributed by atoms with van der Waals surface area (Å²) in [6.45, 7) is 11.7. The molecule has 1 aromatic rings. The standard InChI is InChI=1S/C12H22N2/c1-6-12(4,5)14-9(2)7-11(8-13)10(14)3/h7H,6,8,13H2,1-5H3. The van der Waals surface area contributed by atoms with Crippen molar-refractivity contribution < 1.29 is 0 Å². The highest BCUT2D eigenvalue weighted by molar-refractivity contribution is 5.28. The van der Waals surface area contributed by atoms with E-state index >= 15 is 0 Å². The lowest BCUT2D eigenvalue weighted by Crippen LogP contribution is -2.27. The lowest BCUT2D eigenvalue weighted by molar-refractivity contribution is 0.331. The molecule has 0 amide bonds. The second-order valence-corrected chi connectivity index (χ2v) is 4.60. The van der Waals surface area contributed by atoms with Gasteiger partial charge in [-0.15, -0.1) is 0 Å². The summed E-state index contributed by atoms with van der Waals surface area (Å²) in [6, 6.07) is 2.20. The van der Waals surface area contributed by atoms with Gasteiger partial charge >= 0.3 is 0 Å². The van der Waals surface area contributed by atoms with Crippen LogP contribution in [0, 0.1) is 13.8 Å². The van der Waals surface area contributed by atoms with Gasteiger partial charge in [0, 0.05) is 23.5 Å². The van der Waals surface area contributed by atoms with Crippen molar-refractivity contribution in [1.82, 2.24) is 4.57 Å². The molecular weight excluding hydrogens is 172 g/mol. The Kier molecular flexibility index (Phi) is 3.05. The summed E-state index contributed by atoms with van der Waals surface area (Å²) in [5.74, 6) is 0. The van der Waals surface area contributed by atoms with Crippen molar-refractivity contribution in [3.05, 3.63) is 23.0 Å². The van der Waals surface area contributed by atoms with E-state index in [1.165, 1.54) is 17.0 Å². The second kappa shape index (κ2) is 3.77. The van der Waals surface area contributed by atoms with E-state index in [1.54, 1.807) is 0 Å². The van der Waals surface area contributed by atoms with Gasteiger partial charge in [-0.05, 0) is 45.7 Å². The van der Waals surface area contributed by atoms with Crippen molar-refractivity contribution in [3.8, 4) is 0 Å². The van der Waals surface area contributed by atoms with E-state index in [2.05, 4.69) is 45.3 Å². The third-order valence-corrected chi connectivity index (χ3v) is 3.23. The lowest BCUT2D eigenvalue weighted by Gasteiger charge is -2.29. The molecule has 0 unspecified atom stereocenters. The van der Waals surface area contributed by atoms with Crippen molar-refractivity contribution in [3.63, 3.8) is 0 Å². The van der Waals surface area contributed by atoms with Gasteiger partial charge < -0.3 is 10.3 Å².